The second-order valence-electron chi connectivity index (χ2n) is 4.22. The van der Waals surface area contributed by atoms with E-state index in [1.54, 1.807) is 6.92 Å². The number of aromatic nitrogens is 3. The third-order valence-electron chi connectivity index (χ3n) is 2.46. The summed E-state index contributed by atoms with van der Waals surface area (Å²) in [5.41, 5.74) is 6.97. The number of nitrogens with zero attached hydrogens (tertiary/aromatic N) is 2. The van der Waals surface area contributed by atoms with Gasteiger partial charge < -0.3 is 0 Å². The molecule has 3 N–H and O–H groups in total. The van der Waals surface area contributed by atoms with Gasteiger partial charge in [-0.25, -0.2) is 0 Å². The minimum absolute atomic E-state index is 0.105. The van der Waals surface area contributed by atoms with Crippen molar-refractivity contribution in [1.29, 1.82) is 0 Å². The second kappa shape index (κ2) is 5.95. The summed E-state index contributed by atoms with van der Waals surface area (Å²) in [7, 11) is 0. The van der Waals surface area contributed by atoms with Crippen molar-refractivity contribution in [3.05, 3.63) is 27.2 Å². The lowest BCUT2D eigenvalue weighted by molar-refractivity contribution is -0.119. The van der Waals surface area contributed by atoms with Crippen molar-refractivity contribution in [3.63, 3.8) is 0 Å². The maximum Gasteiger partial charge on any atom is 0.274 e. The van der Waals surface area contributed by atoms with E-state index in [0.717, 1.165) is 11.1 Å². The number of nitrogens with one attached hydrogen (secondary N) is 3. The Morgan fingerprint density at radius 2 is 1.94 bits per heavy atom. The predicted octanol–water partition coefficient (Wildman–Crippen LogP) is 0.663. The fraction of sp³-hybridized carbons (Fsp3) is 0.455. The summed E-state index contributed by atoms with van der Waals surface area (Å²) >= 11 is 0. The molecular formula is C11H17N5O2. The summed E-state index contributed by atoms with van der Waals surface area (Å²) in [6.07, 6.45) is 0.291. The standard InChI is InChI=1S/C11H17N5O2/c1-6(2)7(3)5-9(17)14-16-11-12-10(18)8(4)13-15-11/h5H2,1-4H3,(H,14,17)(H2,12,15,16,18). The van der Waals surface area contributed by atoms with Crippen LogP contribution >= 0.6 is 0 Å². The number of anilines is 1. The maximum atomic E-state index is 11.5. The van der Waals surface area contributed by atoms with Gasteiger partial charge >= 0.3 is 0 Å². The fourth-order valence-electron chi connectivity index (χ4n) is 1.04. The quantitative estimate of drug-likeness (QED) is 0.539. The van der Waals surface area contributed by atoms with E-state index in [2.05, 4.69) is 26.0 Å². The number of hydrogen-bond acceptors (Lipinski definition) is 5. The van der Waals surface area contributed by atoms with Crippen molar-refractivity contribution in [2.24, 2.45) is 0 Å². The van der Waals surface area contributed by atoms with Crippen LogP contribution in [0, 0.1) is 6.92 Å². The third kappa shape index (κ3) is 4.00. The first-order valence-electron chi connectivity index (χ1n) is 5.51. The lowest BCUT2D eigenvalue weighted by Crippen LogP contribution is -2.32. The molecule has 0 bridgehead atoms. The zero-order chi connectivity index (χ0) is 13.7. The molecule has 1 aromatic rings. The highest BCUT2D eigenvalue weighted by Crippen LogP contribution is 2.06. The molecule has 0 atom stereocenters. The molecule has 1 amide bonds. The number of rotatable bonds is 4. The van der Waals surface area contributed by atoms with Gasteiger partial charge in [0.2, 0.25) is 11.9 Å². The number of carbonyl (C=O) groups excluding carboxylic acids is 1. The summed E-state index contributed by atoms with van der Waals surface area (Å²) in [5.74, 6) is -0.106. The Balaban J connectivity index is 2.55. The van der Waals surface area contributed by atoms with Gasteiger partial charge in [-0.3, -0.25) is 25.4 Å². The van der Waals surface area contributed by atoms with Crippen LogP contribution in [0.25, 0.3) is 0 Å². The second-order valence-corrected chi connectivity index (χ2v) is 4.22. The van der Waals surface area contributed by atoms with E-state index in [4.69, 9.17) is 0 Å². The van der Waals surface area contributed by atoms with Gasteiger partial charge in [0.05, 0.1) is 0 Å². The average molecular weight is 251 g/mol. The van der Waals surface area contributed by atoms with Crippen LogP contribution in [0.1, 0.15) is 32.9 Å². The number of aryl methyl sites for hydroxylation is 1. The normalized spacial score (nSPS) is 9.78. The fourth-order valence-corrected chi connectivity index (χ4v) is 1.04. The van der Waals surface area contributed by atoms with Gasteiger partial charge in [-0.15, -0.1) is 10.2 Å². The molecule has 18 heavy (non-hydrogen) atoms. The molecule has 0 aliphatic rings. The van der Waals surface area contributed by atoms with Crippen molar-refractivity contribution < 1.29 is 4.79 Å². The number of amides is 1. The molecule has 0 radical (unpaired) electrons. The molecule has 1 aromatic heterocycles. The Hall–Kier alpha value is -2.18. The maximum absolute atomic E-state index is 11.5. The van der Waals surface area contributed by atoms with Gasteiger partial charge in [-0.1, -0.05) is 11.1 Å². The molecule has 7 nitrogen and oxygen atoms in total. The largest absolute Gasteiger partial charge is 0.288 e. The van der Waals surface area contributed by atoms with E-state index >= 15 is 0 Å². The van der Waals surface area contributed by atoms with Crippen molar-refractivity contribution in [2.45, 2.75) is 34.1 Å². The van der Waals surface area contributed by atoms with E-state index in [1.165, 1.54) is 0 Å². The monoisotopic (exact) mass is 251 g/mol. The van der Waals surface area contributed by atoms with Crippen molar-refractivity contribution in [3.8, 4) is 0 Å². The zero-order valence-electron chi connectivity index (χ0n) is 10.9. The molecule has 1 rings (SSSR count). The number of hydrazine groups is 1. The molecule has 0 spiro atoms. The van der Waals surface area contributed by atoms with E-state index in [1.807, 2.05) is 20.8 Å². The van der Waals surface area contributed by atoms with Crippen molar-refractivity contribution >= 4 is 11.9 Å². The first-order valence-corrected chi connectivity index (χ1v) is 5.51. The van der Waals surface area contributed by atoms with Gasteiger partial charge in [0.15, 0.2) is 0 Å². The minimum Gasteiger partial charge on any atom is -0.288 e. The van der Waals surface area contributed by atoms with Crippen LogP contribution in [0.2, 0.25) is 0 Å². The van der Waals surface area contributed by atoms with Crippen LogP contribution in [-0.4, -0.2) is 21.1 Å². The van der Waals surface area contributed by atoms with E-state index < -0.39 is 0 Å². The smallest absolute Gasteiger partial charge is 0.274 e. The molecule has 0 aromatic carbocycles. The third-order valence-corrected chi connectivity index (χ3v) is 2.46. The van der Waals surface area contributed by atoms with Gasteiger partial charge in [0.25, 0.3) is 5.56 Å². The minimum atomic E-state index is -0.345. The zero-order valence-corrected chi connectivity index (χ0v) is 10.9. The first-order chi connectivity index (χ1) is 8.40. The lowest BCUT2D eigenvalue weighted by atomic mass is 10.1. The van der Waals surface area contributed by atoms with E-state index in [0.29, 0.717) is 6.42 Å². The SMILES string of the molecule is CC(C)=C(C)CC(=O)NNc1nnc(C)c(=O)[nH]1. The van der Waals surface area contributed by atoms with Crippen LogP contribution in [0.15, 0.2) is 15.9 Å². The van der Waals surface area contributed by atoms with E-state index in [9.17, 15) is 9.59 Å². The molecule has 0 aliphatic heterocycles. The van der Waals surface area contributed by atoms with Crippen LogP contribution in [-0.2, 0) is 4.79 Å². The van der Waals surface area contributed by atoms with Crippen LogP contribution < -0.4 is 16.4 Å². The van der Waals surface area contributed by atoms with Gasteiger partial charge in [0, 0.05) is 6.42 Å². The molecule has 0 aliphatic carbocycles. The van der Waals surface area contributed by atoms with Crippen LogP contribution in [0.5, 0.6) is 0 Å². The Morgan fingerprint density at radius 3 is 2.50 bits per heavy atom. The molecule has 0 saturated carbocycles. The molecule has 0 unspecified atom stereocenters. The molecule has 1 heterocycles. The number of aromatic amines is 1. The highest BCUT2D eigenvalue weighted by atomic mass is 16.2. The van der Waals surface area contributed by atoms with Crippen molar-refractivity contribution in [2.75, 3.05) is 5.43 Å². The Bertz CT molecular complexity index is 528. The highest BCUT2D eigenvalue weighted by Gasteiger charge is 2.04. The van der Waals surface area contributed by atoms with Gasteiger partial charge in [0.1, 0.15) is 5.69 Å². The average Bonchev–Trinajstić information content (AvgIpc) is 2.30. The van der Waals surface area contributed by atoms with Gasteiger partial charge in [-0.2, -0.15) is 0 Å². The lowest BCUT2D eigenvalue weighted by Gasteiger charge is -2.07. The summed E-state index contributed by atoms with van der Waals surface area (Å²) < 4.78 is 0. The van der Waals surface area contributed by atoms with Crippen molar-refractivity contribution in [1.82, 2.24) is 20.6 Å². The summed E-state index contributed by atoms with van der Waals surface area (Å²) in [5, 5.41) is 7.31. The molecular weight excluding hydrogens is 234 g/mol. The summed E-state index contributed by atoms with van der Waals surface area (Å²) in [6.45, 7) is 7.33. The van der Waals surface area contributed by atoms with E-state index in [-0.39, 0.29) is 23.1 Å². The molecule has 0 saturated heterocycles. The van der Waals surface area contributed by atoms with Crippen LogP contribution in [0.4, 0.5) is 5.95 Å². The molecule has 7 heteroatoms. The number of H-pyrrole nitrogens is 1. The number of allylic oxidation sites excluding steroid dienone is 1. The summed E-state index contributed by atoms with van der Waals surface area (Å²) in [4.78, 5) is 25.2. The Kier molecular flexibility index (Phi) is 4.59. The first kappa shape index (κ1) is 13.9. The molecule has 0 fully saturated rings. The Morgan fingerprint density at radius 1 is 1.28 bits per heavy atom. The molecule has 98 valence electrons. The predicted molar refractivity (Wildman–Crippen MR) is 67.8 cm³/mol. The number of carbonyl (C=O) groups is 1. The topological polar surface area (TPSA) is 99.8 Å². The highest BCUT2D eigenvalue weighted by molar-refractivity contribution is 5.79. The van der Waals surface area contributed by atoms with Crippen LogP contribution in [0.3, 0.4) is 0 Å². The number of hydrogen-bond donors (Lipinski definition) is 3. The van der Waals surface area contributed by atoms with Gasteiger partial charge in [-0.05, 0) is 27.7 Å². The Labute approximate surface area is 105 Å². The summed E-state index contributed by atoms with van der Waals surface area (Å²) in [6, 6.07) is 0.